The van der Waals surface area contributed by atoms with Crippen LogP contribution in [0.4, 0.5) is 0 Å². The molecule has 0 N–H and O–H groups in total. The molecule has 0 atom stereocenters. The van der Waals surface area contributed by atoms with Crippen molar-refractivity contribution in [3.63, 3.8) is 0 Å². The topological polar surface area (TPSA) is 81.2 Å². The number of hydrogen-bond donors (Lipinski definition) is 0. The molecule has 3 heterocycles. The molecule has 0 saturated carbocycles. The predicted molar refractivity (Wildman–Crippen MR) is 105 cm³/mol. The van der Waals surface area contributed by atoms with Crippen LogP contribution in [0.15, 0.2) is 64.9 Å². The number of imide groups is 1. The Hall–Kier alpha value is -3.13. The van der Waals surface area contributed by atoms with E-state index in [-0.39, 0.29) is 11.8 Å². The summed E-state index contributed by atoms with van der Waals surface area (Å²) in [5, 5.41) is 9.20. The van der Waals surface area contributed by atoms with Crippen LogP contribution in [-0.4, -0.2) is 43.8 Å². The first-order valence-corrected chi connectivity index (χ1v) is 9.85. The van der Waals surface area contributed by atoms with Crippen molar-refractivity contribution in [3.05, 3.63) is 66.4 Å². The highest BCUT2D eigenvalue weighted by atomic mass is 32.2. The van der Waals surface area contributed by atoms with E-state index in [9.17, 15) is 9.59 Å². The maximum atomic E-state index is 12.4. The number of aromatic nitrogens is 3. The van der Waals surface area contributed by atoms with Crippen LogP contribution in [0.5, 0.6) is 0 Å². The highest BCUT2D eigenvalue weighted by Gasteiger charge is 2.34. The second-order valence-electron chi connectivity index (χ2n) is 6.19. The SMILES string of the molecule is C=CCn1c(SCCCN2C(=O)c3ccccc3C2=O)nnc1-c1ccco1. The molecule has 0 fully saturated rings. The van der Waals surface area contributed by atoms with Gasteiger partial charge in [-0.1, -0.05) is 30.0 Å². The first kappa shape index (κ1) is 18.2. The van der Waals surface area contributed by atoms with Crippen molar-refractivity contribution < 1.29 is 14.0 Å². The van der Waals surface area contributed by atoms with Crippen LogP contribution in [0.25, 0.3) is 11.6 Å². The fourth-order valence-corrected chi connectivity index (χ4v) is 3.98. The predicted octanol–water partition coefficient (Wildman–Crippen LogP) is 3.50. The minimum atomic E-state index is -0.222. The lowest BCUT2D eigenvalue weighted by atomic mass is 10.1. The number of nitrogens with zero attached hydrogens (tertiary/aromatic N) is 4. The van der Waals surface area contributed by atoms with Gasteiger partial charge in [-0.15, -0.1) is 16.8 Å². The highest BCUT2D eigenvalue weighted by Crippen LogP contribution is 2.26. The zero-order valence-corrected chi connectivity index (χ0v) is 15.9. The second kappa shape index (κ2) is 7.85. The Morgan fingerprint density at radius 1 is 1.07 bits per heavy atom. The largest absolute Gasteiger partial charge is 0.461 e. The van der Waals surface area contributed by atoms with E-state index in [4.69, 9.17) is 4.42 Å². The van der Waals surface area contributed by atoms with E-state index in [0.29, 0.717) is 48.0 Å². The lowest BCUT2D eigenvalue weighted by molar-refractivity contribution is 0.0655. The average molecular weight is 394 g/mol. The third kappa shape index (κ3) is 3.27. The summed E-state index contributed by atoms with van der Waals surface area (Å²) in [6, 6.07) is 10.6. The van der Waals surface area contributed by atoms with Gasteiger partial charge in [-0.2, -0.15) is 0 Å². The van der Waals surface area contributed by atoms with Gasteiger partial charge >= 0.3 is 0 Å². The van der Waals surface area contributed by atoms with E-state index in [2.05, 4.69) is 16.8 Å². The van der Waals surface area contributed by atoms with Gasteiger partial charge in [0.05, 0.1) is 17.4 Å². The zero-order chi connectivity index (χ0) is 19.5. The van der Waals surface area contributed by atoms with E-state index >= 15 is 0 Å². The molecule has 142 valence electrons. The first-order valence-electron chi connectivity index (χ1n) is 8.86. The Balaban J connectivity index is 1.38. The first-order chi connectivity index (χ1) is 13.7. The Morgan fingerprint density at radius 3 is 2.46 bits per heavy atom. The third-order valence-electron chi connectivity index (χ3n) is 4.41. The number of allylic oxidation sites excluding steroid dienone is 1. The number of amides is 2. The molecule has 0 unspecified atom stereocenters. The Kier molecular flexibility index (Phi) is 5.12. The van der Waals surface area contributed by atoms with Crippen molar-refractivity contribution >= 4 is 23.6 Å². The molecule has 1 aromatic carbocycles. The molecule has 4 rings (SSSR count). The van der Waals surface area contributed by atoms with Crippen molar-refractivity contribution in [1.29, 1.82) is 0 Å². The van der Waals surface area contributed by atoms with Crippen LogP contribution in [-0.2, 0) is 6.54 Å². The summed E-state index contributed by atoms with van der Waals surface area (Å²) in [5.74, 6) is 1.54. The minimum Gasteiger partial charge on any atom is -0.461 e. The van der Waals surface area contributed by atoms with Gasteiger partial charge in [-0.05, 0) is 30.7 Å². The quantitative estimate of drug-likeness (QED) is 0.252. The number of rotatable bonds is 8. The minimum absolute atomic E-state index is 0.222. The normalized spacial score (nSPS) is 13.2. The van der Waals surface area contributed by atoms with Crippen molar-refractivity contribution in [3.8, 4) is 11.6 Å². The number of carbonyl (C=O) groups excluding carboxylic acids is 2. The lowest BCUT2D eigenvalue weighted by Gasteiger charge is -2.13. The van der Waals surface area contributed by atoms with E-state index in [1.54, 1.807) is 42.7 Å². The van der Waals surface area contributed by atoms with Gasteiger partial charge in [-0.3, -0.25) is 19.1 Å². The summed E-state index contributed by atoms with van der Waals surface area (Å²) in [5.41, 5.74) is 0.961. The van der Waals surface area contributed by atoms with Crippen molar-refractivity contribution in [1.82, 2.24) is 19.7 Å². The number of benzene rings is 1. The van der Waals surface area contributed by atoms with Crippen molar-refractivity contribution in [2.45, 2.75) is 18.1 Å². The highest BCUT2D eigenvalue weighted by molar-refractivity contribution is 7.99. The van der Waals surface area contributed by atoms with Gasteiger partial charge < -0.3 is 4.42 Å². The van der Waals surface area contributed by atoms with Gasteiger partial charge in [0.15, 0.2) is 10.9 Å². The fourth-order valence-electron chi connectivity index (χ4n) is 3.11. The van der Waals surface area contributed by atoms with Crippen molar-refractivity contribution in [2.75, 3.05) is 12.3 Å². The Labute approximate surface area is 166 Å². The molecular formula is C20H18N4O3S. The molecule has 3 aromatic rings. The second-order valence-corrected chi connectivity index (χ2v) is 7.25. The van der Waals surface area contributed by atoms with Crippen LogP contribution in [0.3, 0.4) is 0 Å². The monoisotopic (exact) mass is 394 g/mol. The number of fused-ring (bicyclic) bond motifs is 1. The third-order valence-corrected chi connectivity index (χ3v) is 5.46. The molecule has 7 nitrogen and oxygen atoms in total. The average Bonchev–Trinajstić information content (AvgIpc) is 3.42. The van der Waals surface area contributed by atoms with Crippen molar-refractivity contribution in [2.24, 2.45) is 0 Å². The molecule has 2 aromatic heterocycles. The smallest absolute Gasteiger partial charge is 0.261 e. The summed E-state index contributed by atoms with van der Waals surface area (Å²) >= 11 is 1.53. The van der Waals surface area contributed by atoms with Crippen LogP contribution in [0.2, 0.25) is 0 Å². The molecule has 1 aliphatic rings. The molecular weight excluding hydrogens is 376 g/mol. The van der Waals surface area contributed by atoms with E-state index in [1.807, 2.05) is 10.6 Å². The molecule has 0 radical (unpaired) electrons. The van der Waals surface area contributed by atoms with E-state index < -0.39 is 0 Å². The van der Waals surface area contributed by atoms with Gasteiger partial charge in [0.1, 0.15) is 0 Å². The van der Waals surface area contributed by atoms with Crippen LogP contribution < -0.4 is 0 Å². The van der Waals surface area contributed by atoms with Crippen LogP contribution in [0, 0.1) is 0 Å². The Bertz CT molecular complexity index is 991. The zero-order valence-electron chi connectivity index (χ0n) is 15.1. The molecule has 8 heteroatoms. The van der Waals surface area contributed by atoms with E-state index in [1.165, 1.54) is 16.7 Å². The summed E-state index contributed by atoms with van der Waals surface area (Å²) in [6.45, 7) is 4.72. The Morgan fingerprint density at radius 2 is 1.82 bits per heavy atom. The van der Waals surface area contributed by atoms with Gasteiger partial charge in [0.25, 0.3) is 11.8 Å². The maximum Gasteiger partial charge on any atom is 0.261 e. The summed E-state index contributed by atoms with van der Waals surface area (Å²) < 4.78 is 7.35. The number of thioether (sulfide) groups is 1. The number of hydrogen-bond acceptors (Lipinski definition) is 6. The van der Waals surface area contributed by atoms with E-state index in [0.717, 1.165) is 5.16 Å². The molecule has 0 spiro atoms. The summed E-state index contributed by atoms with van der Waals surface area (Å²) in [7, 11) is 0. The van der Waals surface area contributed by atoms with Crippen LogP contribution >= 0.6 is 11.8 Å². The number of carbonyl (C=O) groups is 2. The molecule has 0 saturated heterocycles. The molecule has 1 aliphatic heterocycles. The van der Waals surface area contributed by atoms with Gasteiger partial charge in [-0.25, -0.2) is 0 Å². The maximum absolute atomic E-state index is 12.4. The number of furan rings is 1. The molecule has 2 amide bonds. The van der Waals surface area contributed by atoms with Gasteiger partial charge in [0, 0.05) is 18.8 Å². The molecule has 0 bridgehead atoms. The molecule has 28 heavy (non-hydrogen) atoms. The standard InChI is InChI=1S/C20H18N4O3S/c1-2-10-23-17(16-9-5-12-27-16)21-22-20(23)28-13-6-11-24-18(25)14-7-3-4-8-15(14)19(24)26/h2-5,7-9,12H,1,6,10-11,13H2. The van der Waals surface area contributed by atoms with Gasteiger partial charge in [0.2, 0.25) is 5.82 Å². The van der Waals surface area contributed by atoms with Crippen LogP contribution in [0.1, 0.15) is 27.1 Å². The molecule has 0 aliphatic carbocycles. The lowest BCUT2D eigenvalue weighted by Crippen LogP contribution is -2.31. The fraction of sp³-hybridized carbons (Fsp3) is 0.200. The summed E-state index contributed by atoms with van der Waals surface area (Å²) in [4.78, 5) is 26.1. The summed E-state index contributed by atoms with van der Waals surface area (Å²) in [6.07, 6.45) is 4.03.